The molecule has 2 aromatic rings. The normalized spacial score (nSPS) is 12.6. The van der Waals surface area contributed by atoms with E-state index in [0.717, 1.165) is 5.56 Å². The van der Waals surface area contributed by atoms with Crippen molar-refractivity contribution in [3.8, 4) is 0 Å². The molecule has 96 valence electrons. The van der Waals surface area contributed by atoms with Crippen LogP contribution in [0.15, 0.2) is 35.7 Å². The van der Waals surface area contributed by atoms with Crippen molar-refractivity contribution in [1.82, 2.24) is 5.32 Å². The summed E-state index contributed by atoms with van der Waals surface area (Å²) in [7, 11) is 0. The van der Waals surface area contributed by atoms with E-state index in [1.165, 1.54) is 17.0 Å². The van der Waals surface area contributed by atoms with E-state index < -0.39 is 0 Å². The Labute approximate surface area is 115 Å². The van der Waals surface area contributed by atoms with E-state index in [0.29, 0.717) is 18.1 Å². The predicted octanol–water partition coefficient (Wildman–Crippen LogP) is 3.33. The van der Waals surface area contributed by atoms with Crippen molar-refractivity contribution in [2.45, 2.75) is 12.6 Å². The first-order valence-electron chi connectivity index (χ1n) is 5.61. The maximum Gasteiger partial charge on any atom is 0.125 e. The number of thiophene rings is 1. The molecule has 3 N–H and O–H groups in total. The first-order chi connectivity index (χ1) is 8.69. The molecule has 0 radical (unpaired) electrons. The maximum absolute atomic E-state index is 13.3. The molecule has 5 heteroatoms. The quantitative estimate of drug-likeness (QED) is 0.884. The average Bonchev–Trinajstić information content (AvgIpc) is 2.81. The van der Waals surface area contributed by atoms with Gasteiger partial charge in [0.1, 0.15) is 5.82 Å². The number of nitrogens with one attached hydrogen (secondary N) is 1. The Morgan fingerprint density at radius 3 is 2.83 bits per heavy atom. The lowest BCUT2D eigenvalue weighted by Crippen LogP contribution is -2.27. The molecule has 0 bridgehead atoms. The highest BCUT2D eigenvalue weighted by molar-refractivity contribution is 7.09. The summed E-state index contributed by atoms with van der Waals surface area (Å²) < 4.78 is 13.3. The van der Waals surface area contributed by atoms with Gasteiger partial charge in [0.05, 0.1) is 0 Å². The summed E-state index contributed by atoms with van der Waals surface area (Å²) >= 11 is 7.52. The molecule has 1 heterocycles. The van der Waals surface area contributed by atoms with Crippen LogP contribution in [0.5, 0.6) is 0 Å². The van der Waals surface area contributed by atoms with E-state index in [1.54, 1.807) is 17.4 Å². The molecule has 0 fully saturated rings. The summed E-state index contributed by atoms with van der Waals surface area (Å²) in [6.07, 6.45) is 0. The molecule has 1 aromatic heterocycles. The number of nitrogens with two attached hydrogens (primary N) is 1. The smallest absolute Gasteiger partial charge is 0.125 e. The maximum atomic E-state index is 13.3. The van der Waals surface area contributed by atoms with Crippen LogP contribution in [-0.2, 0) is 6.54 Å². The Balaban J connectivity index is 2.07. The average molecular weight is 285 g/mol. The second-order valence-corrected chi connectivity index (χ2v) is 5.42. The molecule has 0 amide bonds. The number of hydrogen-bond acceptors (Lipinski definition) is 3. The van der Waals surface area contributed by atoms with E-state index >= 15 is 0 Å². The molecule has 1 unspecified atom stereocenters. The van der Waals surface area contributed by atoms with Crippen LogP contribution in [0.4, 0.5) is 4.39 Å². The van der Waals surface area contributed by atoms with Gasteiger partial charge in [0.25, 0.3) is 0 Å². The molecule has 0 aliphatic heterocycles. The topological polar surface area (TPSA) is 38.0 Å². The zero-order valence-corrected chi connectivity index (χ0v) is 11.3. The summed E-state index contributed by atoms with van der Waals surface area (Å²) in [4.78, 5) is 1.22. The van der Waals surface area contributed by atoms with Crippen LogP contribution in [0.3, 0.4) is 0 Å². The molecule has 0 aliphatic carbocycles. The van der Waals surface area contributed by atoms with Gasteiger partial charge in [-0.05, 0) is 35.2 Å². The Morgan fingerprint density at radius 1 is 1.39 bits per heavy atom. The molecule has 1 atom stereocenters. The van der Waals surface area contributed by atoms with Crippen LogP contribution in [0.25, 0.3) is 0 Å². The highest BCUT2D eigenvalue weighted by Crippen LogP contribution is 2.20. The molecular formula is C13H14ClFN2S. The van der Waals surface area contributed by atoms with Gasteiger partial charge >= 0.3 is 0 Å². The first kappa shape index (κ1) is 13.5. The van der Waals surface area contributed by atoms with Gasteiger partial charge < -0.3 is 11.1 Å². The van der Waals surface area contributed by atoms with Crippen molar-refractivity contribution in [3.05, 3.63) is 57.0 Å². The molecule has 0 aliphatic rings. The molecule has 18 heavy (non-hydrogen) atoms. The zero-order chi connectivity index (χ0) is 13.0. The molecule has 1 aromatic carbocycles. The SMILES string of the molecule is NCC(NCc1cccs1)c1cc(F)cc(Cl)c1. The van der Waals surface area contributed by atoms with Gasteiger partial charge in [-0.2, -0.15) is 0 Å². The third-order valence-corrected chi connectivity index (χ3v) is 3.72. The lowest BCUT2D eigenvalue weighted by Gasteiger charge is -2.17. The highest BCUT2D eigenvalue weighted by Gasteiger charge is 2.11. The minimum Gasteiger partial charge on any atom is -0.329 e. The van der Waals surface area contributed by atoms with Gasteiger partial charge in [-0.3, -0.25) is 0 Å². The highest BCUT2D eigenvalue weighted by atomic mass is 35.5. The third kappa shape index (κ3) is 3.53. The Bertz CT molecular complexity index is 481. The Kier molecular flexibility index (Phi) is 4.72. The summed E-state index contributed by atoms with van der Waals surface area (Å²) in [6.45, 7) is 1.11. The van der Waals surface area contributed by atoms with Crippen molar-refractivity contribution in [3.63, 3.8) is 0 Å². The molecule has 2 rings (SSSR count). The van der Waals surface area contributed by atoms with Crippen LogP contribution in [-0.4, -0.2) is 6.54 Å². The molecule has 0 spiro atoms. The van der Waals surface area contributed by atoms with Gasteiger partial charge in [0.15, 0.2) is 0 Å². The van der Waals surface area contributed by atoms with Crippen molar-refractivity contribution >= 4 is 22.9 Å². The van der Waals surface area contributed by atoms with Gasteiger partial charge in [0, 0.05) is 29.0 Å². The van der Waals surface area contributed by atoms with Gasteiger partial charge in [-0.25, -0.2) is 4.39 Å². The molecule has 0 saturated carbocycles. The Hall–Kier alpha value is -0.940. The minimum absolute atomic E-state index is 0.0969. The minimum atomic E-state index is -0.339. The monoisotopic (exact) mass is 284 g/mol. The van der Waals surface area contributed by atoms with Crippen molar-refractivity contribution in [2.24, 2.45) is 5.73 Å². The summed E-state index contributed by atoms with van der Waals surface area (Å²) in [5.41, 5.74) is 6.50. The fourth-order valence-electron chi connectivity index (χ4n) is 1.75. The zero-order valence-electron chi connectivity index (χ0n) is 9.70. The Morgan fingerprint density at radius 2 is 2.22 bits per heavy atom. The van der Waals surface area contributed by atoms with Gasteiger partial charge in [0.2, 0.25) is 0 Å². The summed E-state index contributed by atoms with van der Waals surface area (Å²) in [5, 5.41) is 5.71. The second kappa shape index (κ2) is 6.29. The van der Waals surface area contributed by atoms with Crippen LogP contribution >= 0.6 is 22.9 Å². The summed E-state index contributed by atoms with van der Waals surface area (Å²) in [6, 6.07) is 8.44. The van der Waals surface area contributed by atoms with Crippen LogP contribution in [0.1, 0.15) is 16.5 Å². The fourth-order valence-corrected chi connectivity index (χ4v) is 2.64. The number of rotatable bonds is 5. The number of halogens is 2. The van der Waals surface area contributed by atoms with Crippen LogP contribution < -0.4 is 11.1 Å². The van der Waals surface area contributed by atoms with E-state index in [2.05, 4.69) is 5.32 Å². The second-order valence-electron chi connectivity index (χ2n) is 3.95. The van der Waals surface area contributed by atoms with E-state index in [1.807, 2.05) is 17.5 Å². The first-order valence-corrected chi connectivity index (χ1v) is 6.86. The van der Waals surface area contributed by atoms with Crippen LogP contribution in [0, 0.1) is 5.82 Å². The lowest BCUT2D eigenvalue weighted by molar-refractivity contribution is 0.539. The lowest BCUT2D eigenvalue weighted by atomic mass is 10.1. The van der Waals surface area contributed by atoms with E-state index in [4.69, 9.17) is 17.3 Å². The van der Waals surface area contributed by atoms with Gasteiger partial charge in [-0.15, -0.1) is 11.3 Å². The number of hydrogen-bond donors (Lipinski definition) is 2. The van der Waals surface area contributed by atoms with Crippen molar-refractivity contribution in [1.29, 1.82) is 0 Å². The number of benzene rings is 1. The van der Waals surface area contributed by atoms with Gasteiger partial charge in [-0.1, -0.05) is 17.7 Å². The molecule has 2 nitrogen and oxygen atoms in total. The van der Waals surface area contributed by atoms with Crippen LogP contribution in [0.2, 0.25) is 5.02 Å². The third-order valence-electron chi connectivity index (χ3n) is 2.63. The van der Waals surface area contributed by atoms with Crippen molar-refractivity contribution < 1.29 is 4.39 Å². The van der Waals surface area contributed by atoms with E-state index in [-0.39, 0.29) is 11.9 Å². The van der Waals surface area contributed by atoms with E-state index in [9.17, 15) is 4.39 Å². The summed E-state index contributed by atoms with van der Waals surface area (Å²) in [5.74, 6) is -0.339. The largest absolute Gasteiger partial charge is 0.329 e. The predicted molar refractivity (Wildman–Crippen MR) is 74.4 cm³/mol. The van der Waals surface area contributed by atoms with Crippen molar-refractivity contribution in [2.75, 3.05) is 6.54 Å². The molecule has 0 saturated heterocycles. The fraction of sp³-hybridized carbons (Fsp3) is 0.231. The standard InChI is InChI=1S/C13H14ClFN2S/c14-10-4-9(5-11(15)6-10)13(7-16)17-8-12-2-1-3-18-12/h1-6,13,17H,7-8,16H2. The molecular weight excluding hydrogens is 271 g/mol.